The summed E-state index contributed by atoms with van der Waals surface area (Å²) in [5.41, 5.74) is -0.189. The zero-order chi connectivity index (χ0) is 12.0. The van der Waals surface area contributed by atoms with Gasteiger partial charge in [-0.3, -0.25) is 0 Å². The highest BCUT2D eigenvalue weighted by molar-refractivity contribution is 4.88. The zero-order valence-corrected chi connectivity index (χ0v) is 10.9. The van der Waals surface area contributed by atoms with Gasteiger partial charge in [-0.1, -0.05) is 39.5 Å². The molecule has 0 bridgehead atoms. The molecular weight excluding hydrogens is 200 g/mol. The van der Waals surface area contributed by atoms with Crippen LogP contribution in [0.3, 0.4) is 0 Å². The lowest BCUT2D eigenvalue weighted by molar-refractivity contribution is -0.00396. The first-order chi connectivity index (χ1) is 7.64. The lowest BCUT2D eigenvalue weighted by Crippen LogP contribution is -2.37. The third-order valence-corrected chi connectivity index (χ3v) is 4.31. The van der Waals surface area contributed by atoms with E-state index in [0.29, 0.717) is 5.92 Å². The third-order valence-electron chi connectivity index (χ3n) is 4.31. The average molecular weight is 228 g/mol. The fraction of sp³-hybridized carbons (Fsp3) is 1.00. The quantitative estimate of drug-likeness (QED) is 0.703. The Morgan fingerprint density at radius 1 is 1.12 bits per heavy atom. The lowest BCUT2D eigenvalue weighted by Gasteiger charge is -2.36. The van der Waals surface area contributed by atoms with E-state index >= 15 is 0 Å². The lowest BCUT2D eigenvalue weighted by atomic mass is 9.72. The van der Waals surface area contributed by atoms with E-state index in [-0.39, 0.29) is 18.6 Å². The average Bonchev–Trinajstić information content (AvgIpc) is 2.78. The first-order valence-corrected chi connectivity index (χ1v) is 6.86. The molecule has 0 aromatic rings. The van der Waals surface area contributed by atoms with Gasteiger partial charge in [0, 0.05) is 5.41 Å². The van der Waals surface area contributed by atoms with E-state index < -0.39 is 0 Å². The smallest absolute Gasteiger partial charge is 0.0512 e. The van der Waals surface area contributed by atoms with E-state index in [0.717, 1.165) is 18.8 Å². The van der Waals surface area contributed by atoms with Crippen LogP contribution < -0.4 is 0 Å². The Bertz CT molecular complexity index is 179. The normalized spacial score (nSPS) is 18.6. The second-order valence-corrected chi connectivity index (χ2v) is 5.95. The van der Waals surface area contributed by atoms with Crippen molar-refractivity contribution in [3.05, 3.63) is 0 Å². The molecule has 0 radical (unpaired) electrons. The summed E-state index contributed by atoms with van der Waals surface area (Å²) in [7, 11) is 0. The van der Waals surface area contributed by atoms with Crippen LogP contribution in [0.5, 0.6) is 0 Å². The summed E-state index contributed by atoms with van der Waals surface area (Å²) in [5, 5.41) is 19.3. The van der Waals surface area contributed by atoms with Crippen LogP contribution in [0.2, 0.25) is 0 Å². The molecule has 0 atom stereocenters. The van der Waals surface area contributed by atoms with E-state index in [9.17, 15) is 10.2 Å². The van der Waals surface area contributed by atoms with Gasteiger partial charge >= 0.3 is 0 Å². The first kappa shape index (κ1) is 14.0. The summed E-state index contributed by atoms with van der Waals surface area (Å²) in [4.78, 5) is 0. The van der Waals surface area contributed by atoms with Crippen LogP contribution >= 0.6 is 0 Å². The van der Waals surface area contributed by atoms with E-state index in [1.807, 2.05) is 0 Å². The number of rotatable bonds is 7. The van der Waals surface area contributed by atoms with E-state index in [1.165, 1.54) is 32.1 Å². The highest BCUT2D eigenvalue weighted by Gasteiger charge is 2.38. The van der Waals surface area contributed by atoms with Gasteiger partial charge in [0.1, 0.15) is 0 Å². The standard InChI is InChI=1S/C14H28O2/c1-12(2)6-5-9-14(10-15,11-16)13-7-3-4-8-13/h12-13,15-16H,3-11H2,1-2H3. The highest BCUT2D eigenvalue weighted by Crippen LogP contribution is 2.43. The van der Waals surface area contributed by atoms with Crippen LogP contribution in [0.4, 0.5) is 0 Å². The molecule has 1 saturated carbocycles. The van der Waals surface area contributed by atoms with Crippen LogP contribution in [0, 0.1) is 17.3 Å². The Morgan fingerprint density at radius 2 is 1.69 bits per heavy atom. The molecule has 1 aliphatic rings. The minimum absolute atomic E-state index is 0.159. The van der Waals surface area contributed by atoms with Gasteiger partial charge in [-0.05, 0) is 31.1 Å². The van der Waals surface area contributed by atoms with E-state index in [1.54, 1.807) is 0 Å². The van der Waals surface area contributed by atoms with Crippen LogP contribution in [0.25, 0.3) is 0 Å². The van der Waals surface area contributed by atoms with E-state index in [4.69, 9.17) is 0 Å². The number of hydrogen-bond acceptors (Lipinski definition) is 2. The maximum absolute atomic E-state index is 9.64. The summed E-state index contributed by atoms with van der Waals surface area (Å²) in [6, 6.07) is 0. The molecule has 2 heteroatoms. The van der Waals surface area contributed by atoms with Crippen molar-refractivity contribution in [1.82, 2.24) is 0 Å². The van der Waals surface area contributed by atoms with Crippen molar-refractivity contribution in [2.45, 2.75) is 58.8 Å². The minimum atomic E-state index is -0.189. The molecule has 1 fully saturated rings. The molecule has 1 rings (SSSR count). The molecule has 0 spiro atoms. The van der Waals surface area contributed by atoms with Crippen molar-refractivity contribution in [2.75, 3.05) is 13.2 Å². The zero-order valence-electron chi connectivity index (χ0n) is 10.9. The molecule has 0 aromatic heterocycles. The third kappa shape index (κ3) is 3.46. The van der Waals surface area contributed by atoms with Crippen molar-refractivity contribution in [3.8, 4) is 0 Å². The Hall–Kier alpha value is -0.0800. The summed E-state index contributed by atoms with van der Waals surface area (Å²) in [5.74, 6) is 1.27. The molecule has 0 aliphatic heterocycles. The van der Waals surface area contributed by atoms with Crippen LogP contribution in [0.15, 0.2) is 0 Å². The van der Waals surface area contributed by atoms with Crippen LogP contribution in [-0.2, 0) is 0 Å². The maximum Gasteiger partial charge on any atom is 0.0512 e. The molecule has 0 amide bonds. The van der Waals surface area contributed by atoms with Gasteiger partial charge in [0.25, 0.3) is 0 Å². The topological polar surface area (TPSA) is 40.5 Å². The Morgan fingerprint density at radius 3 is 2.12 bits per heavy atom. The predicted molar refractivity (Wildman–Crippen MR) is 67.3 cm³/mol. The van der Waals surface area contributed by atoms with Crippen molar-refractivity contribution >= 4 is 0 Å². The molecule has 0 unspecified atom stereocenters. The second kappa shape index (κ2) is 6.61. The van der Waals surface area contributed by atoms with Crippen molar-refractivity contribution in [2.24, 2.45) is 17.3 Å². The van der Waals surface area contributed by atoms with Crippen molar-refractivity contribution < 1.29 is 10.2 Å². The van der Waals surface area contributed by atoms with Gasteiger partial charge in [-0.25, -0.2) is 0 Å². The summed E-state index contributed by atoms with van der Waals surface area (Å²) in [6.45, 7) is 4.78. The number of aliphatic hydroxyl groups excluding tert-OH is 2. The maximum atomic E-state index is 9.64. The van der Waals surface area contributed by atoms with E-state index in [2.05, 4.69) is 13.8 Å². The fourth-order valence-corrected chi connectivity index (χ4v) is 3.07. The molecule has 2 N–H and O–H groups in total. The Kier molecular flexibility index (Phi) is 5.77. The van der Waals surface area contributed by atoms with Crippen LogP contribution in [-0.4, -0.2) is 23.4 Å². The fourth-order valence-electron chi connectivity index (χ4n) is 3.07. The van der Waals surface area contributed by atoms with Gasteiger partial charge < -0.3 is 10.2 Å². The van der Waals surface area contributed by atoms with Gasteiger partial charge in [0.05, 0.1) is 13.2 Å². The monoisotopic (exact) mass is 228 g/mol. The van der Waals surface area contributed by atoms with Gasteiger partial charge in [0.2, 0.25) is 0 Å². The molecule has 96 valence electrons. The number of hydrogen-bond donors (Lipinski definition) is 2. The highest BCUT2D eigenvalue weighted by atomic mass is 16.3. The Labute approximate surface area is 100 Å². The molecule has 2 nitrogen and oxygen atoms in total. The molecule has 0 heterocycles. The van der Waals surface area contributed by atoms with Crippen LogP contribution in [0.1, 0.15) is 58.8 Å². The summed E-state index contributed by atoms with van der Waals surface area (Å²) >= 11 is 0. The minimum Gasteiger partial charge on any atom is -0.396 e. The van der Waals surface area contributed by atoms with Crippen molar-refractivity contribution in [3.63, 3.8) is 0 Å². The summed E-state index contributed by atoms with van der Waals surface area (Å²) < 4.78 is 0. The SMILES string of the molecule is CC(C)CCCC(CO)(CO)C1CCCC1. The number of aliphatic hydroxyl groups is 2. The van der Waals surface area contributed by atoms with Crippen molar-refractivity contribution in [1.29, 1.82) is 0 Å². The largest absolute Gasteiger partial charge is 0.396 e. The van der Waals surface area contributed by atoms with Gasteiger partial charge in [-0.2, -0.15) is 0 Å². The molecule has 1 aliphatic carbocycles. The summed E-state index contributed by atoms with van der Waals surface area (Å²) in [6.07, 6.45) is 8.27. The molecular formula is C14H28O2. The Balaban J connectivity index is 2.49. The first-order valence-electron chi connectivity index (χ1n) is 6.86. The predicted octanol–water partition coefficient (Wildman–Crippen LogP) is 2.97. The van der Waals surface area contributed by atoms with Gasteiger partial charge in [0.15, 0.2) is 0 Å². The second-order valence-electron chi connectivity index (χ2n) is 5.95. The van der Waals surface area contributed by atoms with Gasteiger partial charge in [-0.15, -0.1) is 0 Å². The molecule has 16 heavy (non-hydrogen) atoms. The molecule has 0 aromatic carbocycles. The molecule has 0 saturated heterocycles.